The molecule has 1 fully saturated rings. The Morgan fingerprint density at radius 3 is 3.12 bits per heavy atom. The molecule has 4 rings (SSSR count). The number of piperidine rings is 1. The molecule has 1 atom stereocenters. The zero-order valence-electron chi connectivity index (χ0n) is 13.7. The summed E-state index contributed by atoms with van der Waals surface area (Å²) >= 11 is 1.60. The lowest BCUT2D eigenvalue weighted by atomic mass is 9.98. The van der Waals surface area contributed by atoms with Gasteiger partial charge in [0.15, 0.2) is 0 Å². The Hall–Kier alpha value is -2.21. The van der Waals surface area contributed by atoms with Gasteiger partial charge in [0.2, 0.25) is 0 Å². The second-order valence-corrected chi connectivity index (χ2v) is 7.61. The van der Waals surface area contributed by atoms with Gasteiger partial charge in [-0.2, -0.15) is 5.10 Å². The Labute approximate surface area is 144 Å². The molecule has 0 spiro atoms. The first-order valence-electron chi connectivity index (χ1n) is 8.31. The van der Waals surface area contributed by atoms with Crippen molar-refractivity contribution in [2.75, 3.05) is 13.1 Å². The van der Waals surface area contributed by atoms with Gasteiger partial charge in [0.05, 0.1) is 4.88 Å². The van der Waals surface area contributed by atoms with Crippen molar-refractivity contribution in [3.8, 4) is 0 Å². The Balaban J connectivity index is 1.50. The van der Waals surface area contributed by atoms with E-state index in [4.69, 9.17) is 0 Å². The first-order chi connectivity index (χ1) is 11.7. The molecule has 24 heavy (non-hydrogen) atoms. The average Bonchev–Trinajstić information content (AvgIpc) is 3.23. The highest BCUT2D eigenvalue weighted by atomic mass is 32.1. The first kappa shape index (κ1) is 15.3. The van der Waals surface area contributed by atoms with Crippen LogP contribution < -0.4 is 0 Å². The van der Waals surface area contributed by atoms with Gasteiger partial charge in [-0.1, -0.05) is 17.7 Å². The van der Waals surface area contributed by atoms with Crippen LogP contribution in [-0.2, 0) is 6.54 Å². The van der Waals surface area contributed by atoms with E-state index in [0.717, 1.165) is 37.4 Å². The van der Waals surface area contributed by atoms with E-state index in [0.29, 0.717) is 5.92 Å². The van der Waals surface area contributed by atoms with Gasteiger partial charge in [-0.3, -0.25) is 9.48 Å². The number of nitrogens with zero attached hydrogens (tertiary/aromatic N) is 4. The van der Waals surface area contributed by atoms with Crippen molar-refractivity contribution in [2.45, 2.75) is 26.3 Å². The van der Waals surface area contributed by atoms with Crippen molar-refractivity contribution in [1.82, 2.24) is 19.7 Å². The van der Waals surface area contributed by atoms with Crippen LogP contribution in [0.2, 0.25) is 0 Å². The van der Waals surface area contributed by atoms with Crippen molar-refractivity contribution < 1.29 is 4.79 Å². The lowest BCUT2D eigenvalue weighted by molar-refractivity contribution is 0.0664. The van der Waals surface area contributed by atoms with Crippen molar-refractivity contribution >= 4 is 27.3 Å². The van der Waals surface area contributed by atoms with Crippen LogP contribution in [-0.4, -0.2) is 38.7 Å². The molecule has 1 amide bonds. The number of aromatic nitrogens is 3. The van der Waals surface area contributed by atoms with Crippen LogP contribution in [0.15, 0.2) is 36.9 Å². The maximum absolute atomic E-state index is 12.9. The molecule has 5 nitrogen and oxygen atoms in total. The molecule has 1 aliphatic rings. The number of carbonyl (C=O) groups excluding carboxylic acids is 1. The van der Waals surface area contributed by atoms with E-state index in [1.54, 1.807) is 24.0 Å². The Bertz CT molecular complexity index is 855. The predicted molar refractivity (Wildman–Crippen MR) is 95.2 cm³/mol. The lowest BCUT2D eigenvalue weighted by Crippen LogP contribution is -2.40. The molecular weight excluding hydrogens is 320 g/mol. The topological polar surface area (TPSA) is 51.0 Å². The van der Waals surface area contributed by atoms with E-state index in [1.165, 1.54) is 15.6 Å². The van der Waals surface area contributed by atoms with Gasteiger partial charge in [0, 0.05) is 24.3 Å². The zero-order valence-corrected chi connectivity index (χ0v) is 14.5. The Morgan fingerprint density at radius 1 is 1.38 bits per heavy atom. The standard InChI is InChI=1S/C18H20N4OS/c1-13-4-5-16-15(7-13)8-17(24-16)18(23)21-6-2-3-14(9-21)10-22-12-19-11-20-22/h4-5,7-8,11-12,14H,2-3,6,9-10H2,1H3. The van der Waals surface area contributed by atoms with Crippen LogP contribution in [0.4, 0.5) is 0 Å². The smallest absolute Gasteiger partial charge is 0.263 e. The van der Waals surface area contributed by atoms with Crippen LogP contribution in [0, 0.1) is 12.8 Å². The van der Waals surface area contributed by atoms with Gasteiger partial charge in [0.1, 0.15) is 12.7 Å². The number of rotatable bonds is 3. The molecular formula is C18H20N4OS. The first-order valence-corrected chi connectivity index (χ1v) is 9.12. The fourth-order valence-corrected chi connectivity index (χ4v) is 4.43. The number of carbonyl (C=O) groups is 1. The maximum Gasteiger partial charge on any atom is 0.263 e. The Morgan fingerprint density at radius 2 is 2.29 bits per heavy atom. The van der Waals surface area contributed by atoms with E-state index in [1.807, 2.05) is 15.6 Å². The van der Waals surface area contributed by atoms with Crippen molar-refractivity contribution in [3.05, 3.63) is 47.4 Å². The summed E-state index contributed by atoms with van der Waals surface area (Å²) in [5.74, 6) is 0.609. The molecule has 3 heterocycles. The summed E-state index contributed by atoms with van der Waals surface area (Å²) in [6, 6.07) is 8.39. The largest absolute Gasteiger partial charge is 0.338 e. The molecule has 2 aromatic heterocycles. The van der Waals surface area contributed by atoms with Gasteiger partial charge < -0.3 is 4.90 Å². The SMILES string of the molecule is Cc1ccc2sc(C(=O)N3CCCC(Cn4cncn4)C3)cc2c1. The van der Waals surface area contributed by atoms with Gasteiger partial charge in [-0.25, -0.2) is 4.98 Å². The van der Waals surface area contributed by atoms with Gasteiger partial charge in [-0.15, -0.1) is 11.3 Å². The number of hydrogen-bond donors (Lipinski definition) is 0. The second-order valence-electron chi connectivity index (χ2n) is 6.53. The fraction of sp³-hybridized carbons (Fsp3) is 0.389. The van der Waals surface area contributed by atoms with Crippen molar-refractivity contribution in [3.63, 3.8) is 0 Å². The number of likely N-dealkylation sites (tertiary alicyclic amines) is 1. The van der Waals surface area contributed by atoms with Crippen molar-refractivity contribution in [2.24, 2.45) is 5.92 Å². The summed E-state index contributed by atoms with van der Waals surface area (Å²) in [5.41, 5.74) is 1.23. The highest BCUT2D eigenvalue weighted by Gasteiger charge is 2.26. The zero-order chi connectivity index (χ0) is 16.5. The molecule has 1 saturated heterocycles. The molecule has 6 heteroatoms. The number of thiophene rings is 1. The lowest BCUT2D eigenvalue weighted by Gasteiger charge is -2.32. The van der Waals surface area contributed by atoms with Gasteiger partial charge in [-0.05, 0) is 43.2 Å². The van der Waals surface area contributed by atoms with E-state index in [2.05, 4.69) is 35.2 Å². The third-order valence-electron chi connectivity index (χ3n) is 4.60. The quantitative estimate of drug-likeness (QED) is 0.735. The average molecular weight is 340 g/mol. The monoisotopic (exact) mass is 340 g/mol. The van der Waals surface area contributed by atoms with Gasteiger partial charge in [0.25, 0.3) is 5.91 Å². The minimum absolute atomic E-state index is 0.164. The third-order valence-corrected chi connectivity index (χ3v) is 5.70. The summed E-state index contributed by atoms with van der Waals surface area (Å²) in [6.45, 7) is 4.55. The van der Waals surface area contributed by atoms with E-state index in [9.17, 15) is 4.79 Å². The molecule has 1 aliphatic heterocycles. The minimum atomic E-state index is 0.164. The molecule has 0 saturated carbocycles. The Kier molecular flexibility index (Phi) is 4.06. The van der Waals surface area contributed by atoms with E-state index in [-0.39, 0.29) is 5.91 Å². The second kappa shape index (κ2) is 6.36. The molecule has 0 aliphatic carbocycles. The summed E-state index contributed by atoms with van der Waals surface area (Å²) in [5, 5.41) is 5.35. The molecule has 0 N–H and O–H groups in total. The van der Waals surface area contributed by atoms with Crippen LogP contribution in [0.3, 0.4) is 0 Å². The number of amides is 1. The highest BCUT2D eigenvalue weighted by Crippen LogP contribution is 2.29. The number of hydrogen-bond acceptors (Lipinski definition) is 4. The summed E-state index contributed by atoms with van der Waals surface area (Å²) in [4.78, 5) is 19.7. The van der Waals surface area contributed by atoms with Crippen LogP contribution in [0.1, 0.15) is 28.1 Å². The third kappa shape index (κ3) is 3.06. The summed E-state index contributed by atoms with van der Waals surface area (Å²) in [6.07, 6.45) is 5.49. The number of aryl methyl sites for hydroxylation is 1. The number of fused-ring (bicyclic) bond motifs is 1. The molecule has 1 unspecified atom stereocenters. The normalized spacial score (nSPS) is 18.2. The minimum Gasteiger partial charge on any atom is -0.338 e. The van der Waals surface area contributed by atoms with Crippen LogP contribution >= 0.6 is 11.3 Å². The maximum atomic E-state index is 12.9. The van der Waals surface area contributed by atoms with Crippen LogP contribution in [0.5, 0.6) is 0 Å². The van der Waals surface area contributed by atoms with Crippen molar-refractivity contribution in [1.29, 1.82) is 0 Å². The summed E-state index contributed by atoms with van der Waals surface area (Å²) < 4.78 is 3.04. The molecule has 0 bridgehead atoms. The summed E-state index contributed by atoms with van der Waals surface area (Å²) in [7, 11) is 0. The molecule has 1 aromatic carbocycles. The van der Waals surface area contributed by atoms with Crippen LogP contribution in [0.25, 0.3) is 10.1 Å². The number of benzene rings is 1. The fourth-order valence-electron chi connectivity index (χ4n) is 3.41. The van der Waals surface area contributed by atoms with Gasteiger partial charge >= 0.3 is 0 Å². The van der Waals surface area contributed by atoms with E-state index >= 15 is 0 Å². The molecule has 3 aromatic rings. The van der Waals surface area contributed by atoms with E-state index < -0.39 is 0 Å². The molecule has 0 radical (unpaired) electrons. The highest BCUT2D eigenvalue weighted by molar-refractivity contribution is 7.20. The molecule has 124 valence electrons. The predicted octanol–water partition coefficient (Wildman–Crippen LogP) is 3.35.